The van der Waals surface area contributed by atoms with Crippen LogP contribution in [0.3, 0.4) is 0 Å². The van der Waals surface area contributed by atoms with Crippen molar-refractivity contribution >= 4 is 39.1 Å². The molecule has 0 saturated carbocycles. The van der Waals surface area contributed by atoms with Crippen molar-refractivity contribution in [2.45, 2.75) is 16.6 Å². The Bertz CT molecular complexity index is 957. The Kier molecular flexibility index (Phi) is 5.33. The number of carbonyl (C=O) groups excluding carboxylic acids is 2. The van der Waals surface area contributed by atoms with Crippen molar-refractivity contribution in [3.8, 4) is 0 Å². The molecule has 1 heterocycles. The lowest BCUT2D eigenvalue weighted by Crippen LogP contribution is -2.15. The molecule has 0 spiro atoms. The van der Waals surface area contributed by atoms with Gasteiger partial charge >= 0.3 is 0 Å². The summed E-state index contributed by atoms with van der Waals surface area (Å²) in [6.45, 7) is 0. The van der Waals surface area contributed by atoms with Gasteiger partial charge in [-0.1, -0.05) is 18.2 Å². The molecule has 1 atom stereocenters. The number of anilines is 1. The first-order valence-electron chi connectivity index (χ1n) is 8.01. The van der Waals surface area contributed by atoms with Gasteiger partial charge in [0.1, 0.15) is 0 Å². The number of nitrogens with two attached hydrogens (primary N) is 1. The molecule has 1 saturated heterocycles. The minimum atomic E-state index is -2.98. The van der Waals surface area contributed by atoms with Crippen LogP contribution in [0.5, 0.6) is 0 Å². The maximum Gasteiger partial charge on any atom is 0.256 e. The van der Waals surface area contributed by atoms with Crippen LogP contribution >= 0.6 is 11.8 Å². The number of primary amides is 1. The van der Waals surface area contributed by atoms with Crippen LogP contribution in [-0.2, 0) is 9.84 Å². The van der Waals surface area contributed by atoms with Gasteiger partial charge in [-0.25, -0.2) is 8.42 Å². The van der Waals surface area contributed by atoms with Gasteiger partial charge in [-0.05, 0) is 36.8 Å². The number of sulfone groups is 1. The molecule has 8 heteroatoms. The molecule has 3 rings (SSSR count). The van der Waals surface area contributed by atoms with Gasteiger partial charge in [0.2, 0.25) is 5.91 Å². The molecule has 0 aliphatic carbocycles. The maximum absolute atomic E-state index is 12.7. The lowest BCUT2D eigenvalue weighted by atomic mass is 10.1. The van der Waals surface area contributed by atoms with E-state index in [1.54, 1.807) is 30.3 Å². The van der Waals surface area contributed by atoms with E-state index in [2.05, 4.69) is 5.32 Å². The van der Waals surface area contributed by atoms with E-state index in [1.165, 1.54) is 17.8 Å². The summed E-state index contributed by atoms with van der Waals surface area (Å²) in [7, 11) is -2.98. The maximum atomic E-state index is 12.7. The van der Waals surface area contributed by atoms with E-state index in [0.29, 0.717) is 23.2 Å². The van der Waals surface area contributed by atoms with Crippen molar-refractivity contribution in [3.05, 3.63) is 59.7 Å². The van der Waals surface area contributed by atoms with Crippen molar-refractivity contribution in [2.75, 3.05) is 16.8 Å². The highest BCUT2D eigenvalue weighted by Gasteiger charge is 2.29. The highest BCUT2D eigenvalue weighted by atomic mass is 32.2. The Labute approximate surface area is 156 Å². The van der Waals surface area contributed by atoms with Gasteiger partial charge in [0.15, 0.2) is 9.84 Å². The van der Waals surface area contributed by atoms with Crippen molar-refractivity contribution < 1.29 is 18.0 Å². The van der Waals surface area contributed by atoms with Crippen molar-refractivity contribution in [3.63, 3.8) is 0 Å². The zero-order valence-corrected chi connectivity index (χ0v) is 15.5. The van der Waals surface area contributed by atoms with Gasteiger partial charge in [-0.15, -0.1) is 11.8 Å². The number of amides is 2. The largest absolute Gasteiger partial charge is 0.366 e. The number of carbonyl (C=O) groups is 2. The van der Waals surface area contributed by atoms with Crippen molar-refractivity contribution in [2.24, 2.45) is 5.73 Å². The average molecular weight is 390 g/mol. The minimum Gasteiger partial charge on any atom is -0.366 e. The van der Waals surface area contributed by atoms with Crippen LogP contribution in [0.25, 0.3) is 0 Å². The molecular weight excluding hydrogens is 372 g/mol. The van der Waals surface area contributed by atoms with Crippen LogP contribution in [-0.4, -0.2) is 37.0 Å². The highest BCUT2D eigenvalue weighted by Crippen LogP contribution is 2.33. The second-order valence-corrected chi connectivity index (χ2v) is 9.61. The Morgan fingerprint density at radius 1 is 1.12 bits per heavy atom. The number of hydrogen-bond donors (Lipinski definition) is 2. The van der Waals surface area contributed by atoms with Crippen LogP contribution in [0.1, 0.15) is 27.1 Å². The topological polar surface area (TPSA) is 106 Å². The number of hydrogen-bond acceptors (Lipinski definition) is 5. The summed E-state index contributed by atoms with van der Waals surface area (Å²) in [5.41, 5.74) is 6.50. The first-order valence-corrected chi connectivity index (χ1v) is 10.7. The van der Waals surface area contributed by atoms with E-state index in [4.69, 9.17) is 5.73 Å². The second-order valence-electron chi connectivity index (χ2n) is 6.04. The first kappa shape index (κ1) is 18.5. The van der Waals surface area contributed by atoms with E-state index in [-0.39, 0.29) is 22.7 Å². The predicted molar refractivity (Wildman–Crippen MR) is 102 cm³/mol. The Morgan fingerprint density at radius 2 is 1.88 bits per heavy atom. The summed E-state index contributed by atoms with van der Waals surface area (Å²) in [6, 6.07) is 13.5. The molecule has 6 nitrogen and oxygen atoms in total. The fourth-order valence-electron chi connectivity index (χ4n) is 2.74. The zero-order chi connectivity index (χ0) is 18.7. The summed E-state index contributed by atoms with van der Waals surface area (Å²) in [5.74, 6) is -0.567. The van der Waals surface area contributed by atoms with E-state index in [0.717, 1.165) is 4.90 Å². The molecule has 2 amide bonds. The molecule has 1 fully saturated rings. The molecule has 0 radical (unpaired) electrons. The molecule has 0 bridgehead atoms. The second kappa shape index (κ2) is 7.51. The van der Waals surface area contributed by atoms with Crippen LogP contribution < -0.4 is 11.1 Å². The molecule has 1 aliphatic rings. The third kappa shape index (κ3) is 4.44. The van der Waals surface area contributed by atoms with E-state index in [1.807, 2.05) is 12.1 Å². The predicted octanol–water partition coefficient (Wildman–Crippen LogP) is 2.32. The van der Waals surface area contributed by atoms with Crippen LogP contribution in [0.4, 0.5) is 5.69 Å². The highest BCUT2D eigenvalue weighted by molar-refractivity contribution is 8.02. The monoisotopic (exact) mass is 390 g/mol. The molecule has 0 unspecified atom stereocenters. The smallest absolute Gasteiger partial charge is 0.256 e. The van der Waals surface area contributed by atoms with Gasteiger partial charge < -0.3 is 11.1 Å². The molecule has 0 aromatic heterocycles. The minimum absolute atomic E-state index is 0.0489. The molecule has 1 aliphatic heterocycles. The third-order valence-electron chi connectivity index (χ3n) is 4.02. The zero-order valence-electron chi connectivity index (χ0n) is 13.8. The lowest BCUT2D eigenvalue weighted by Gasteiger charge is -2.13. The molecule has 3 N–H and O–H groups in total. The molecule has 2 aromatic carbocycles. The van der Waals surface area contributed by atoms with Gasteiger partial charge in [0.25, 0.3) is 5.91 Å². The van der Waals surface area contributed by atoms with E-state index >= 15 is 0 Å². The summed E-state index contributed by atoms with van der Waals surface area (Å²) in [6.07, 6.45) is 0.587. The average Bonchev–Trinajstić information content (AvgIpc) is 2.94. The Balaban J connectivity index is 1.78. The normalized spacial score (nSPS) is 18.4. The van der Waals surface area contributed by atoms with Gasteiger partial charge in [-0.3, -0.25) is 9.59 Å². The molecule has 2 aromatic rings. The van der Waals surface area contributed by atoms with Crippen molar-refractivity contribution in [1.29, 1.82) is 0 Å². The van der Waals surface area contributed by atoms with Crippen LogP contribution in [0, 0.1) is 0 Å². The number of benzene rings is 2. The number of rotatable bonds is 5. The van der Waals surface area contributed by atoms with Gasteiger partial charge in [0.05, 0.1) is 17.1 Å². The van der Waals surface area contributed by atoms with Gasteiger partial charge in [0, 0.05) is 21.4 Å². The standard InChI is InChI=1S/C18H18N2O4S2/c19-17(21)12-4-3-5-13(10-12)20-18(22)15-6-1-2-7-16(15)25-14-8-9-26(23,24)11-14/h1-7,10,14H,8-9,11H2,(H2,19,21)(H,20,22)/t14-/m1/s1. The SMILES string of the molecule is NC(=O)c1cccc(NC(=O)c2ccccc2S[C@@H]2CCS(=O)(=O)C2)c1. The number of nitrogens with one attached hydrogen (secondary N) is 1. The fourth-order valence-corrected chi connectivity index (χ4v) is 6.37. The fraction of sp³-hybridized carbons (Fsp3) is 0.222. The Morgan fingerprint density at radius 3 is 2.58 bits per heavy atom. The molecule has 136 valence electrons. The Hall–Kier alpha value is -2.32. The molecular formula is C18H18N2O4S2. The number of thioether (sulfide) groups is 1. The summed E-state index contributed by atoms with van der Waals surface area (Å²) < 4.78 is 23.3. The summed E-state index contributed by atoms with van der Waals surface area (Å²) >= 11 is 1.41. The summed E-state index contributed by atoms with van der Waals surface area (Å²) in [4.78, 5) is 24.7. The van der Waals surface area contributed by atoms with Crippen LogP contribution in [0.2, 0.25) is 0 Å². The van der Waals surface area contributed by atoms with Crippen molar-refractivity contribution in [1.82, 2.24) is 0 Å². The lowest BCUT2D eigenvalue weighted by molar-refractivity contribution is 0.0995. The summed E-state index contributed by atoms with van der Waals surface area (Å²) in [5, 5.41) is 2.71. The third-order valence-corrected chi connectivity index (χ3v) is 7.35. The van der Waals surface area contributed by atoms with Gasteiger partial charge in [-0.2, -0.15) is 0 Å². The first-order chi connectivity index (χ1) is 12.3. The quantitative estimate of drug-likeness (QED) is 0.815. The van der Waals surface area contributed by atoms with E-state index < -0.39 is 15.7 Å². The van der Waals surface area contributed by atoms with Crippen LogP contribution in [0.15, 0.2) is 53.4 Å². The molecule has 26 heavy (non-hydrogen) atoms. The van der Waals surface area contributed by atoms with E-state index in [9.17, 15) is 18.0 Å².